The van der Waals surface area contributed by atoms with Gasteiger partial charge in [-0.15, -0.1) is 0 Å². The number of hydrogen-bond donors (Lipinski definition) is 1. The minimum atomic E-state index is 0.683. The molecular formula is C14H17Br2N3O. The van der Waals surface area contributed by atoms with Crippen molar-refractivity contribution in [1.82, 2.24) is 9.78 Å². The molecule has 0 bridgehead atoms. The van der Waals surface area contributed by atoms with E-state index in [2.05, 4.69) is 49.2 Å². The Labute approximate surface area is 135 Å². The second-order valence-electron chi connectivity index (χ2n) is 4.36. The Kier molecular flexibility index (Phi) is 5.10. The molecule has 0 aliphatic carbocycles. The summed E-state index contributed by atoms with van der Waals surface area (Å²) < 4.78 is 9.43. The number of anilines is 1. The Morgan fingerprint density at radius 3 is 2.75 bits per heavy atom. The SMILES string of the molecule is CCn1nc(C)c(Br)c1CNc1cc(Br)ccc1OC. The van der Waals surface area contributed by atoms with Gasteiger partial charge in [0.2, 0.25) is 0 Å². The lowest BCUT2D eigenvalue weighted by molar-refractivity contribution is 0.416. The fraction of sp³-hybridized carbons (Fsp3) is 0.357. The van der Waals surface area contributed by atoms with Crippen LogP contribution in [-0.2, 0) is 13.1 Å². The third kappa shape index (κ3) is 3.17. The minimum absolute atomic E-state index is 0.683. The molecule has 4 nitrogen and oxygen atoms in total. The summed E-state index contributed by atoms with van der Waals surface area (Å²) in [5.41, 5.74) is 3.09. The fourth-order valence-corrected chi connectivity index (χ4v) is 2.82. The van der Waals surface area contributed by atoms with E-state index in [-0.39, 0.29) is 0 Å². The van der Waals surface area contributed by atoms with Crippen molar-refractivity contribution in [1.29, 1.82) is 0 Å². The first-order valence-electron chi connectivity index (χ1n) is 6.36. The molecule has 0 aliphatic heterocycles. The quantitative estimate of drug-likeness (QED) is 0.807. The molecule has 2 rings (SSSR count). The van der Waals surface area contributed by atoms with E-state index in [4.69, 9.17) is 4.74 Å². The van der Waals surface area contributed by atoms with Crippen molar-refractivity contribution >= 4 is 37.5 Å². The Morgan fingerprint density at radius 2 is 2.10 bits per heavy atom. The lowest BCUT2D eigenvalue weighted by atomic mass is 10.2. The molecule has 2 aromatic rings. The van der Waals surface area contributed by atoms with Crippen molar-refractivity contribution in [2.24, 2.45) is 0 Å². The molecule has 0 atom stereocenters. The molecule has 1 aromatic carbocycles. The van der Waals surface area contributed by atoms with Crippen molar-refractivity contribution in [3.63, 3.8) is 0 Å². The van der Waals surface area contributed by atoms with Crippen molar-refractivity contribution in [2.75, 3.05) is 12.4 Å². The predicted octanol–water partition coefficient (Wildman–Crippen LogP) is 4.36. The van der Waals surface area contributed by atoms with Crippen LogP contribution in [0.25, 0.3) is 0 Å². The number of ether oxygens (including phenoxy) is 1. The molecule has 1 N–H and O–H groups in total. The smallest absolute Gasteiger partial charge is 0.142 e. The Balaban J connectivity index is 2.23. The highest BCUT2D eigenvalue weighted by molar-refractivity contribution is 9.10. The summed E-state index contributed by atoms with van der Waals surface area (Å²) in [4.78, 5) is 0. The fourth-order valence-electron chi connectivity index (χ4n) is 2.04. The van der Waals surface area contributed by atoms with E-state index in [1.165, 1.54) is 0 Å². The number of rotatable bonds is 5. The van der Waals surface area contributed by atoms with E-state index in [9.17, 15) is 0 Å². The van der Waals surface area contributed by atoms with Gasteiger partial charge in [-0.25, -0.2) is 0 Å². The summed E-state index contributed by atoms with van der Waals surface area (Å²) in [7, 11) is 1.67. The molecule has 0 spiro atoms. The second kappa shape index (κ2) is 6.63. The molecule has 20 heavy (non-hydrogen) atoms. The third-order valence-electron chi connectivity index (χ3n) is 3.06. The van der Waals surface area contributed by atoms with Crippen molar-refractivity contribution < 1.29 is 4.74 Å². The molecule has 108 valence electrons. The molecule has 0 amide bonds. The zero-order valence-electron chi connectivity index (χ0n) is 11.7. The number of aromatic nitrogens is 2. The molecule has 0 unspecified atom stereocenters. The van der Waals surface area contributed by atoms with Gasteiger partial charge in [-0.1, -0.05) is 15.9 Å². The maximum atomic E-state index is 5.36. The molecule has 1 heterocycles. The van der Waals surface area contributed by atoms with Crippen molar-refractivity contribution in [3.05, 3.63) is 38.5 Å². The lowest BCUT2D eigenvalue weighted by Crippen LogP contribution is -2.09. The van der Waals surface area contributed by atoms with Crippen LogP contribution in [0.15, 0.2) is 27.1 Å². The second-order valence-corrected chi connectivity index (χ2v) is 6.07. The van der Waals surface area contributed by atoms with Crippen LogP contribution >= 0.6 is 31.9 Å². The number of hydrogen-bond acceptors (Lipinski definition) is 3. The summed E-state index contributed by atoms with van der Waals surface area (Å²) in [6, 6.07) is 5.90. The van der Waals surface area contributed by atoms with Gasteiger partial charge < -0.3 is 10.1 Å². The van der Waals surface area contributed by atoms with Crippen LogP contribution in [0.4, 0.5) is 5.69 Å². The van der Waals surface area contributed by atoms with Crippen LogP contribution < -0.4 is 10.1 Å². The van der Waals surface area contributed by atoms with E-state index < -0.39 is 0 Å². The highest BCUT2D eigenvalue weighted by atomic mass is 79.9. The van der Waals surface area contributed by atoms with Crippen molar-refractivity contribution in [2.45, 2.75) is 26.9 Å². The maximum Gasteiger partial charge on any atom is 0.142 e. The first kappa shape index (κ1) is 15.4. The highest BCUT2D eigenvalue weighted by Crippen LogP contribution is 2.29. The van der Waals surface area contributed by atoms with Crippen LogP contribution in [0.1, 0.15) is 18.3 Å². The van der Waals surface area contributed by atoms with Crippen LogP contribution in [0, 0.1) is 6.92 Å². The van der Waals surface area contributed by atoms with Gasteiger partial charge in [-0.05, 0) is 48.0 Å². The Morgan fingerprint density at radius 1 is 1.35 bits per heavy atom. The maximum absolute atomic E-state index is 5.36. The van der Waals surface area contributed by atoms with Gasteiger partial charge >= 0.3 is 0 Å². The van der Waals surface area contributed by atoms with Crippen LogP contribution in [0.3, 0.4) is 0 Å². The summed E-state index contributed by atoms with van der Waals surface area (Å²) in [5.74, 6) is 0.823. The van der Waals surface area contributed by atoms with Crippen molar-refractivity contribution in [3.8, 4) is 5.75 Å². The zero-order chi connectivity index (χ0) is 14.7. The van der Waals surface area contributed by atoms with Gasteiger partial charge in [-0.2, -0.15) is 5.10 Å². The number of nitrogens with one attached hydrogen (secondary N) is 1. The standard InChI is InChI=1S/C14H17Br2N3O/c1-4-19-12(14(16)9(2)18-19)8-17-11-7-10(15)5-6-13(11)20-3/h5-7,17H,4,8H2,1-3H3. The first-order chi connectivity index (χ1) is 9.56. The average Bonchev–Trinajstić information content (AvgIpc) is 2.72. The van der Waals surface area contributed by atoms with Gasteiger partial charge in [0.25, 0.3) is 0 Å². The number of aryl methyl sites for hydroxylation is 2. The van der Waals surface area contributed by atoms with Crippen LogP contribution in [0.2, 0.25) is 0 Å². The third-order valence-corrected chi connectivity index (χ3v) is 4.59. The number of halogens is 2. The summed E-state index contributed by atoms with van der Waals surface area (Å²) >= 11 is 7.08. The molecule has 0 saturated heterocycles. The van der Waals surface area contributed by atoms with Crippen LogP contribution in [0.5, 0.6) is 5.75 Å². The summed E-state index contributed by atoms with van der Waals surface area (Å²) in [6.07, 6.45) is 0. The van der Waals surface area contributed by atoms with Gasteiger partial charge in [0, 0.05) is 11.0 Å². The van der Waals surface area contributed by atoms with Gasteiger partial charge in [0.05, 0.1) is 35.2 Å². The highest BCUT2D eigenvalue weighted by Gasteiger charge is 2.12. The molecule has 0 saturated carbocycles. The number of methoxy groups -OCH3 is 1. The molecular weight excluding hydrogens is 386 g/mol. The van der Waals surface area contributed by atoms with E-state index in [0.717, 1.165) is 38.3 Å². The average molecular weight is 403 g/mol. The number of nitrogens with zero attached hydrogens (tertiary/aromatic N) is 2. The zero-order valence-corrected chi connectivity index (χ0v) is 14.9. The Hall–Kier alpha value is -1.01. The van der Waals surface area contributed by atoms with Gasteiger partial charge in [-0.3, -0.25) is 4.68 Å². The molecule has 6 heteroatoms. The topological polar surface area (TPSA) is 39.1 Å². The van der Waals surface area contributed by atoms with E-state index in [1.54, 1.807) is 7.11 Å². The van der Waals surface area contributed by atoms with Gasteiger partial charge in [0.15, 0.2) is 0 Å². The normalized spacial score (nSPS) is 10.7. The summed E-state index contributed by atoms with van der Waals surface area (Å²) in [6.45, 7) is 5.61. The van der Waals surface area contributed by atoms with E-state index in [1.807, 2.05) is 29.8 Å². The lowest BCUT2D eigenvalue weighted by Gasteiger charge is -2.12. The first-order valence-corrected chi connectivity index (χ1v) is 7.94. The van der Waals surface area contributed by atoms with Crippen LogP contribution in [-0.4, -0.2) is 16.9 Å². The monoisotopic (exact) mass is 401 g/mol. The van der Waals surface area contributed by atoms with E-state index in [0.29, 0.717) is 6.54 Å². The predicted molar refractivity (Wildman–Crippen MR) is 88.4 cm³/mol. The minimum Gasteiger partial charge on any atom is -0.495 e. The molecule has 0 radical (unpaired) electrons. The molecule has 0 aliphatic rings. The molecule has 1 aromatic heterocycles. The molecule has 0 fully saturated rings. The Bertz CT molecular complexity index is 611. The number of benzene rings is 1. The van der Waals surface area contributed by atoms with E-state index >= 15 is 0 Å². The van der Waals surface area contributed by atoms with Gasteiger partial charge in [0.1, 0.15) is 5.75 Å². The largest absolute Gasteiger partial charge is 0.495 e. The summed E-state index contributed by atoms with van der Waals surface area (Å²) in [5, 5.41) is 7.89.